The zero-order valence-corrected chi connectivity index (χ0v) is 16.4. The highest BCUT2D eigenvalue weighted by Crippen LogP contribution is 2.14. The van der Waals surface area contributed by atoms with Crippen molar-refractivity contribution in [1.29, 1.82) is 0 Å². The number of morpholine rings is 1. The Balaban J connectivity index is 1.37. The van der Waals surface area contributed by atoms with Crippen LogP contribution in [0.15, 0.2) is 48.5 Å². The van der Waals surface area contributed by atoms with Gasteiger partial charge in [-0.3, -0.25) is 9.69 Å². The van der Waals surface area contributed by atoms with Crippen LogP contribution in [0.25, 0.3) is 0 Å². The zero-order chi connectivity index (χ0) is 19.6. The van der Waals surface area contributed by atoms with Crippen molar-refractivity contribution in [3.8, 4) is 11.5 Å². The molecule has 1 saturated heterocycles. The molecule has 2 aromatic carbocycles. The van der Waals surface area contributed by atoms with Crippen molar-refractivity contribution in [2.45, 2.75) is 13.5 Å². The summed E-state index contributed by atoms with van der Waals surface area (Å²) >= 11 is 0. The van der Waals surface area contributed by atoms with Gasteiger partial charge in [0.25, 0.3) is 5.91 Å². The third-order valence-electron chi connectivity index (χ3n) is 4.56. The third kappa shape index (κ3) is 6.87. The summed E-state index contributed by atoms with van der Waals surface area (Å²) in [5.41, 5.74) is 2.15. The molecule has 1 aliphatic rings. The van der Waals surface area contributed by atoms with Crippen molar-refractivity contribution in [1.82, 2.24) is 10.2 Å². The van der Waals surface area contributed by atoms with E-state index in [4.69, 9.17) is 14.2 Å². The minimum Gasteiger partial charge on any atom is -0.492 e. The van der Waals surface area contributed by atoms with Gasteiger partial charge in [-0.25, -0.2) is 0 Å². The number of carbonyl (C=O) groups excluding carboxylic acids is 1. The topological polar surface area (TPSA) is 60.0 Å². The predicted octanol–water partition coefficient (Wildman–Crippen LogP) is 2.40. The lowest BCUT2D eigenvalue weighted by molar-refractivity contribution is -0.123. The first kappa shape index (κ1) is 20.2. The fourth-order valence-electron chi connectivity index (χ4n) is 2.90. The number of hydrogen-bond donors (Lipinski definition) is 1. The summed E-state index contributed by atoms with van der Waals surface area (Å²) in [4.78, 5) is 14.3. The summed E-state index contributed by atoms with van der Waals surface area (Å²) in [5, 5.41) is 2.87. The predicted molar refractivity (Wildman–Crippen MR) is 108 cm³/mol. The fourth-order valence-corrected chi connectivity index (χ4v) is 2.90. The van der Waals surface area contributed by atoms with Gasteiger partial charge in [0, 0.05) is 26.2 Å². The van der Waals surface area contributed by atoms with Crippen LogP contribution < -0.4 is 14.8 Å². The van der Waals surface area contributed by atoms with Crippen molar-refractivity contribution in [3.63, 3.8) is 0 Å². The molecule has 1 amide bonds. The highest BCUT2D eigenvalue weighted by molar-refractivity contribution is 5.77. The highest BCUT2D eigenvalue weighted by atomic mass is 16.5. The number of hydrogen-bond acceptors (Lipinski definition) is 5. The molecule has 0 unspecified atom stereocenters. The van der Waals surface area contributed by atoms with E-state index in [1.165, 1.54) is 0 Å². The van der Waals surface area contributed by atoms with Gasteiger partial charge < -0.3 is 19.5 Å². The van der Waals surface area contributed by atoms with Gasteiger partial charge in [0.2, 0.25) is 0 Å². The van der Waals surface area contributed by atoms with Crippen molar-refractivity contribution in [2.75, 3.05) is 46.1 Å². The molecule has 0 radical (unpaired) electrons. The number of rotatable bonds is 9. The summed E-state index contributed by atoms with van der Waals surface area (Å²) in [6, 6.07) is 15.4. The Labute approximate surface area is 166 Å². The molecule has 1 heterocycles. The number of benzene rings is 2. The standard InChI is InChI=1S/C22H28N2O4/c1-18-5-7-20(8-6-18)28-17-22(25)23-16-19-3-2-4-21(15-19)27-14-11-24-9-12-26-13-10-24/h2-8,15H,9-14,16-17H2,1H3,(H,23,25). The first-order chi connectivity index (χ1) is 13.7. The van der Waals surface area contributed by atoms with Crippen LogP contribution in [0.2, 0.25) is 0 Å². The Hall–Kier alpha value is -2.57. The van der Waals surface area contributed by atoms with E-state index in [0.29, 0.717) is 18.9 Å². The van der Waals surface area contributed by atoms with Crippen molar-refractivity contribution in [2.24, 2.45) is 0 Å². The van der Waals surface area contributed by atoms with E-state index in [9.17, 15) is 4.79 Å². The molecule has 6 heteroatoms. The van der Waals surface area contributed by atoms with Gasteiger partial charge in [-0.05, 0) is 36.8 Å². The minimum atomic E-state index is -0.154. The second-order valence-electron chi connectivity index (χ2n) is 6.83. The molecule has 0 aromatic heterocycles. The van der Waals surface area contributed by atoms with E-state index < -0.39 is 0 Å². The van der Waals surface area contributed by atoms with Crippen LogP contribution in [0, 0.1) is 6.92 Å². The maximum absolute atomic E-state index is 12.0. The molecule has 0 atom stereocenters. The molecule has 150 valence electrons. The van der Waals surface area contributed by atoms with Crippen LogP contribution in [-0.4, -0.2) is 56.9 Å². The third-order valence-corrected chi connectivity index (χ3v) is 4.56. The summed E-state index contributed by atoms with van der Waals surface area (Å²) in [5.74, 6) is 1.35. The average molecular weight is 384 g/mol. The smallest absolute Gasteiger partial charge is 0.258 e. The monoisotopic (exact) mass is 384 g/mol. The van der Waals surface area contributed by atoms with Gasteiger partial charge in [-0.15, -0.1) is 0 Å². The van der Waals surface area contributed by atoms with E-state index >= 15 is 0 Å². The lowest BCUT2D eigenvalue weighted by atomic mass is 10.2. The SMILES string of the molecule is Cc1ccc(OCC(=O)NCc2cccc(OCCN3CCOCC3)c2)cc1. The van der Waals surface area contributed by atoms with Gasteiger partial charge in [-0.1, -0.05) is 29.8 Å². The summed E-state index contributed by atoms with van der Waals surface area (Å²) in [7, 11) is 0. The van der Waals surface area contributed by atoms with E-state index in [2.05, 4.69) is 10.2 Å². The largest absolute Gasteiger partial charge is 0.492 e. The average Bonchev–Trinajstić information content (AvgIpc) is 2.73. The lowest BCUT2D eigenvalue weighted by Gasteiger charge is -2.26. The maximum atomic E-state index is 12.0. The first-order valence-corrected chi connectivity index (χ1v) is 9.67. The van der Waals surface area contributed by atoms with Gasteiger partial charge in [-0.2, -0.15) is 0 Å². The van der Waals surface area contributed by atoms with Crippen LogP contribution in [0.4, 0.5) is 0 Å². The molecular weight excluding hydrogens is 356 g/mol. The van der Waals surface area contributed by atoms with E-state index in [0.717, 1.165) is 49.7 Å². The van der Waals surface area contributed by atoms with Crippen LogP contribution in [0.3, 0.4) is 0 Å². The molecule has 1 aliphatic heterocycles. The molecule has 3 rings (SSSR count). The number of ether oxygens (including phenoxy) is 3. The normalized spacial score (nSPS) is 14.5. The molecule has 1 fully saturated rings. The quantitative estimate of drug-likeness (QED) is 0.719. The molecule has 0 spiro atoms. The Kier molecular flexibility index (Phi) is 7.70. The molecule has 28 heavy (non-hydrogen) atoms. The van der Waals surface area contributed by atoms with E-state index in [-0.39, 0.29) is 12.5 Å². The van der Waals surface area contributed by atoms with Crippen molar-refractivity contribution < 1.29 is 19.0 Å². The molecule has 0 aliphatic carbocycles. The van der Waals surface area contributed by atoms with Gasteiger partial charge in [0.15, 0.2) is 6.61 Å². The maximum Gasteiger partial charge on any atom is 0.258 e. The van der Waals surface area contributed by atoms with Gasteiger partial charge >= 0.3 is 0 Å². The summed E-state index contributed by atoms with van der Waals surface area (Å²) in [6.07, 6.45) is 0. The van der Waals surface area contributed by atoms with Gasteiger partial charge in [0.05, 0.1) is 13.2 Å². The molecule has 6 nitrogen and oxygen atoms in total. The number of nitrogens with zero attached hydrogens (tertiary/aromatic N) is 1. The van der Waals surface area contributed by atoms with Gasteiger partial charge in [0.1, 0.15) is 18.1 Å². The summed E-state index contributed by atoms with van der Waals surface area (Å²) in [6.45, 7) is 7.49. The van der Waals surface area contributed by atoms with Crippen molar-refractivity contribution in [3.05, 3.63) is 59.7 Å². The van der Waals surface area contributed by atoms with Crippen LogP contribution in [-0.2, 0) is 16.1 Å². The molecule has 1 N–H and O–H groups in total. The number of carbonyl (C=O) groups is 1. The zero-order valence-electron chi connectivity index (χ0n) is 16.4. The van der Waals surface area contributed by atoms with Crippen molar-refractivity contribution >= 4 is 5.91 Å². The van der Waals surface area contributed by atoms with E-state index in [1.807, 2.05) is 55.5 Å². The Morgan fingerprint density at radius 2 is 1.86 bits per heavy atom. The molecular formula is C22H28N2O4. The number of aryl methyl sites for hydroxylation is 1. The minimum absolute atomic E-state index is 0.00119. The molecule has 0 saturated carbocycles. The van der Waals surface area contributed by atoms with Crippen LogP contribution >= 0.6 is 0 Å². The Bertz CT molecular complexity index is 742. The number of nitrogens with one attached hydrogen (secondary N) is 1. The van der Waals surface area contributed by atoms with Crippen LogP contribution in [0.1, 0.15) is 11.1 Å². The van der Waals surface area contributed by atoms with E-state index in [1.54, 1.807) is 0 Å². The second kappa shape index (κ2) is 10.7. The lowest BCUT2D eigenvalue weighted by Crippen LogP contribution is -2.38. The first-order valence-electron chi connectivity index (χ1n) is 9.67. The highest BCUT2D eigenvalue weighted by Gasteiger charge is 2.10. The molecule has 0 bridgehead atoms. The number of amides is 1. The fraction of sp³-hybridized carbons (Fsp3) is 0.409. The summed E-state index contributed by atoms with van der Waals surface area (Å²) < 4.78 is 16.7. The second-order valence-corrected chi connectivity index (χ2v) is 6.83. The molecule has 2 aromatic rings. The Morgan fingerprint density at radius 1 is 1.07 bits per heavy atom. The Morgan fingerprint density at radius 3 is 2.64 bits per heavy atom. The van der Waals surface area contributed by atoms with Crippen LogP contribution in [0.5, 0.6) is 11.5 Å².